The average Bonchev–Trinajstić information content (AvgIpc) is 2.79. The van der Waals surface area contributed by atoms with Crippen molar-refractivity contribution in [2.75, 3.05) is 41.8 Å². The Morgan fingerprint density at radius 1 is 1.00 bits per heavy atom. The fourth-order valence-electron chi connectivity index (χ4n) is 7.36. The second-order valence-electron chi connectivity index (χ2n) is 11.1. The summed E-state index contributed by atoms with van der Waals surface area (Å²) in [6.45, 7) is 5.01. The predicted octanol–water partition coefficient (Wildman–Crippen LogP) is 4.91. The highest BCUT2D eigenvalue weighted by Crippen LogP contribution is 2.61. The van der Waals surface area contributed by atoms with Gasteiger partial charge in [-0.15, -0.1) is 0 Å². The van der Waals surface area contributed by atoms with Crippen LogP contribution in [0.2, 0.25) is 0 Å². The van der Waals surface area contributed by atoms with Gasteiger partial charge in [0.15, 0.2) is 0 Å². The van der Waals surface area contributed by atoms with Gasteiger partial charge in [-0.25, -0.2) is 4.98 Å². The molecule has 180 valence electrons. The molecule has 2 aromatic rings. The van der Waals surface area contributed by atoms with E-state index in [1.165, 1.54) is 38.5 Å². The van der Waals surface area contributed by atoms with Gasteiger partial charge in [-0.05, 0) is 92.9 Å². The number of amides is 1. The topological polar surface area (TPSA) is 79.4 Å². The Kier molecular flexibility index (Phi) is 5.68. The van der Waals surface area contributed by atoms with Gasteiger partial charge in [-0.2, -0.15) is 4.98 Å². The lowest BCUT2D eigenvalue weighted by molar-refractivity contribution is -0.124. The maximum Gasteiger partial charge on any atom is 0.227 e. The van der Waals surface area contributed by atoms with E-state index in [2.05, 4.69) is 20.5 Å². The largest absolute Gasteiger partial charge is 0.378 e. The fraction of sp³-hybridized carbons (Fsp3) is 0.593. The number of aryl methyl sites for hydroxylation is 1. The smallest absolute Gasteiger partial charge is 0.227 e. The number of hydrogen-bond acceptors (Lipinski definition) is 6. The number of ether oxygens (including phenoxy) is 1. The minimum atomic E-state index is 0.171. The standard InChI is InChI=1S/C27H35N5O2/c1-18-10-24(31-26(28-18)32-6-8-34-9-7-32)29-22-2-4-23(5-3-22)30-25(33)17-27-14-19-11-20(15-27)13-21(12-19)16-27/h2-5,10,19-21H,6-9,11-17H2,1H3,(H,30,33)(H,28,29,31). The Hall–Kier alpha value is -2.67. The van der Waals surface area contributed by atoms with Crippen molar-refractivity contribution in [2.24, 2.45) is 23.2 Å². The minimum absolute atomic E-state index is 0.171. The number of hydrogen-bond donors (Lipinski definition) is 2. The highest BCUT2D eigenvalue weighted by molar-refractivity contribution is 5.91. The molecule has 0 atom stereocenters. The van der Waals surface area contributed by atoms with Crippen molar-refractivity contribution in [1.29, 1.82) is 0 Å². The molecule has 5 fully saturated rings. The summed E-state index contributed by atoms with van der Waals surface area (Å²) in [6, 6.07) is 9.87. The molecule has 4 saturated carbocycles. The summed E-state index contributed by atoms with van der Waals surface area (Å²) in [6.07, 6.45) is 8.71. The maximum atomic E-state index is 12.9. The van der Waals surface area contributed by atoms with Crippen molar-refractivity contribution < 1.29 is 9.53 Å². The lowest BCUT2D eigenvalue weighted by atomic mass is 9.49. The van der Waals surface area contributed by atoms with Crippen molar-refractivity contribution in [2.45, 2.75) is 51.9 Å². The molecule has 1 aromatic carbocycles. The number of morpholine rings is 1. The van der Waals surface area contributed by atoms with Gasteiger partial charge in [-0.1, -0.05) is 0 Å². The zero-order valence-corrected chi connectivity index (χ0v) is 20.1. The van der Waals surface area contributed by atoms with Crippen LogP contribution in [0.1, 0.15) is 50.6 Å². The summed E-state index contributed by atoms with van der Waals surface area (Å²) >= 11 is 0. The van der Waals surface area contributed by atoms with Gasteiger partial charge in [-0.3, -0.25) is 4.79 Å². The Balaban J connectivity index is 1.08. The van der Waals surface area contributed by atoms with E-state index in [0.717, 1.165) is 59.7 Å². The normalized spacial score (nSPS) is 29.8. The van der Waals surface area contributed by atoms with Gasteiger partial charge >= 0.3 is 0 Å². The van der Waals surface area contributed by atoms with Gasteiger partial charge in [0.25, 0.3) is 0 Å². The van der Waals surface area contributed by atoms with Crippen LogP contribution in [0.3, 0.4) is 0 Å². The van der Waals surface area contributed by atoms with E-state index < -0.39 is 0 Å². The molecule has 1 saturated heterocycles. The molecule has 4 aliphatic carbocycles. The first-order valence-electron chi connectivity index (χ1n) is 12.9. The fourth-order valence-corrected chi connectivity index (χ4v) is 7.36. The highest BCUT2D eigenvalue weighted by Gasteiger charge is 2.51. The Morgan fingerprint density at radius 2 is 1.62 bits per heavy atom. The van der Waals surface area contributed by atoms with Gasteiger partial charge < -0.3 is 20.3 Å². The lowest BCUT2D eigenvalue weighted by Gasteiger charge is -2.56. The van der Waals surface area contributed by atoms with E-state index in [1.807, 2.05) is 37.3 Å². The molecule has 2 N–H and O–H groups in total. The Morgan fingerprint density at radius 3 is 2.26 bits per heavy atom. The second kappa shape index (κ2) is 8.84. The Bertz CT molecular complexity index is 1010. The third-order valence-electron chi connectivity index (χ3n) is 8.28. The van der Waals surface area contributed by atoms with Crippen molar-refractivity contribution in [1.82, 2.24) is 9.97 Å². The van der Waals surface area contributed by atoms with E-state index in [-0.39, 0.29) is 11.3 Å². The number of rotatable bonds is 6. The summed E-state index contributed by atoms with van der Waals surface area (Å²) in [7, 11) is 0. The number of carbonyl (C=O) groups excluding carboxylic acids is 1. The zero-order valence-electron chi connectivity index (χ0n) is 20.1. The third kappa shape index (κ3) is 4.63. The Labute approximate surface area is 201 Å². The van der Waals surface area contributed by atoms with Crippen molar-refractivity contribution in [3.63, 3.8) is 0 Å². The van der Waals surface area contributed by atoms with Gasteiger partial charge in [0.05, 0.1) is 13.2 Å². The molecule has 4 bridgehead atoms. The highest BCUT2D eigenvalue weighted by atomic mass is 16.5. The van der Waals surface area contributed by atoms with Crippen LogP contribution in [0, 0.1) is 30.1 Å². The summed E-state index contributed by atoms with van der Waals surface area (Å²) in [4.78, 5) is 24.4. The first-order chi connectivity index (χ1) is 16.5. The molecule has 1 aromatic heterocycles. The van der Waals surface area contributed by atoms with Crippen LogP contribution in [-0.2, 0) is 9.53 Å². The second-order valence-corrected chi connectivity index (χ2v) is 11.1. The van der Waals surface area contributed by atoms with E-state index >= 15 is 0 Å². The first-order valence-corrected chi connectivity index (χ1v) is 12.9. The zero-order chi connectivity index (χ0) is 23.1. The number of aromatic nitrogens is 2. The number of nitrogens with zero attached hydrogens (tertiary/aromatic N) is 3. The molecular weight excluding hydrogens is 426 g/mol. The quantitative estimate of drug-likeness (QED) is 0.636. The van der Waals surface area contributed by atoms with Crippen LogP contribution in [0.25, 0.3) is 0 Å². The van der Waals surface area contributed by atoms with Crippen LogP contribution in [-0.4, -0.2) is 42.2 Å². The number of anilines is 4. The molecule has 7 heteroatoms. The summed E-state index contributed by atoms with van der Waals surface area (Å²) in [5.74, 6) is 4.30. The molecule has 0 radical (unpaired) electrons. The molecule has 0 unspecified atom stereocenters. The molecular formula is C27H35N5O2. The third-order valence-corrected chi connectivity index (χ3v) is 8.28. The average molecular weight is 462 g/mol. The lowest BCUT2D eigenvalue weighted by Crippen LogP contribution is -2.47. The maximum absolute atomic E-state index is 12.9. The van der Waals surface area contributed by atoms with Gasteiger partial charge in [0.2, 0.25) is 11.9 Å². The molecule has 7 nitrogen and oxygen atoms in total. The molecule has 34 heavy (non-hydrogen) atoms. The molecule has 0 spiro atoms. The van der Waals surface area contributed by atoms with Crippen LogP contribution in [0.5, 0.6) is 0 Å². The van der Waals surface area contributed by atoms with Crippen LogP contribution >= 0.6 is 0 Å². The van der Waals surface area contributed by atoms with E-state index in [4.69, 9.17) is 9.72 Å². The van der Waals surface area contributed by atoms with E-state index in [9.17, 15) is 4.79 Å². The summed E-state index contributed by atoms with van der Waals surface area (Å²) < 4.78 is 5.44. The number of nitrogens with one attached hydrogen (secondary N) is 2. The molecule has 1 aliphatic heterocycles. The van der Waals surface area contributed by atoms with Gasteiger partial charge in [0, 0.05) is 42.6 Å². The van der Waals surface area contributed by atoms with Crippen LogP contribution in [0.4, 0.5) is 23.1 Å². The van der Waals surface area contributed by atoms with E-state index in [0.29, 0.717) is 19.6 Å². The van der Waals surface area contributed by atoms with Crippen molar-refractivity contribution in [3.05, 3.63) is 36.0 Å². The SMILES string of the molecule is Cc1cc(Nc2ccc(NC(=O)CC34CC5CC(CC(C5)C3)C4)cc2)nc(N2CCOCC2)n1. The van der Waals surface area contributed by atoms with Crippen LogP contribution in [0.15, 0.2) is 30.3 Å². The summed E-state index contributed by atoms with van der Waals surface area (Å²) in [5, 5.41) is 6.54. The minimum Gasteiger partial charge on any atom is -0.378 e. The number of benzene rings is 1. The predicted molar refractivity (Wildman–Crippen MR) is 133 cm³/mol. The monoisotopic (exact) mass is 461 g/mol. The van der Waals surface area contributed by atoms with Gasteiger partial charge in [0.1, 0.15) is 5.82 Å². The van der Waals surface area contributed by atoms with Crippen molar-refractivity contribution in [3.8, 4) is 0 Å². The molecule has 5 aliphatic rings. The number of carbonyl (C=O) groups is 1. The van der Waals surface area contributed by atoms with Crippen LogP contribution < -0.4 is 15.5 Å². The molecule has 7 rings (SSSR count). The molecule has 2 heterocycles. The molecule has 1 amide bonds. The van der Waals surface area contributed by atoms with Crippen molar-refractivity contribution >= 4 is 29.0 Å². The summed E-state index contributed by atoms with van der Waals surface area (Å²) in [5.41, 5.74) is 2.98. The first kappa shape index (κ1) is 21.8. The van der Waals surface area contributed by atoms with E-state index in [1.54, 1.807) is 0 Å².